The van der Waals surface area contributed by atoms with E-state index in [1.807, 2.05) is 0 Å². The minimum Gasteiger partial charge on any atom is -0.493 e. The van der Waals surface area contributed by atoms with Gasteiger partial charge < -0.3 is 23.5 Å². The summed E-state index contributed by atoms with van der Waals surface area (Å²) in [4.78, 5) is 31.6. The first-order valence-corrected chi connectivity index (χ1v) is 19.7. The van der Waals surface area contributed by atoms with Crippen LogP contribution in [-0.2, 0) is 9.16 Å². The smallest absolute Gasteiger partial charge is 0.416 e. The number of benzene rings is 2. The lowest BCUT2D eigenvalue weighted by Crippen LogP contribution is -2.57. The molecule has 0 aromatic heterocycles. The Balaban J connectivity index is 1.90. The Morgan fingerprint density at radius 2 is 1.84 bits per heavy atom. The number of hydrogen-bond acceptors (Lipinski definition) is 6. The second-order valence-corrected chi connectivity index (χ2v) is 18.6. The van der Waals surface area contributed by atoms with Crippen LogP contribution in [0, 0.1) is 5.82 Å². The minimum atomic E-state index is -2.55. The number of rotatable bonds is 12. The molecular weight excluding hydrogens is 706 g/mol. The molecule has 0 fully saturated rings. The Labute approximate surface area is 280 Å². The molecule has 0 saturated heterocycles. The fraction of sp³-hybridized carbons (Fsp3) is 0.471. The van der Waals surface area contributed by atoms with Gasteiger partial charge in [0.05, 0.1) is 31.0 Å². The molecule has 4 rings (SSSR count). The summed E-state index contributed by atoms with van der Waals surface area (Å²) in [6.07, 6.45) is 5.09. The number of alkyl halides is 1. The molecule has 0 unspecified atom stereocenters. The molecule has 0 aliphatic carbocycles. The van der Waals surface area contributed by atoms with E-state index in [0.717, 1.165) is 34.8 Å². The van der Waals surface area contributed by atoms with Gasteiger partial charge in [0.15, 0.2) is 26.0 Å². The van der Waals surface area contributed by atoms with Crippen LogP contribution in [0.25, 0.3) is 5.57 Å². The molecule has 0 bridgehead atoms. The van der Waals surface area contributed by atoms with Crippen molar-refractivity contribution in [3.63, 3.8) is 0 Å². The fourth-order valence-electron chi connectivity index (χ4n) is 5.15. The average Bonchev–Trinajstić information content (AvgIpc) is 3.41. The first-order valence-electron chi connectivity index (χ1n) is 15.3. The summed E-state index contributed by atoms with van der Waals surface area (Å²) in [5.41, 5.74) is 2.20. The lowest BCUT2D eigenvalue weighted by atomic mass is 10.0. The van der Waals surface area contributed by atoms with E-state index in [9.17, 15) is 14.0 Å². The Morgan fingerprint density at radius 3 is 2.47 bits per heavy atom. The van der Waals surface area contributed by atoms with Crippen LogP contribution in [0.4, 0.5) is 14.9 Å². The van der Waals surface area contributed by atoms with Crippen molar-refractivity contribution in [2.24, 2.45) is 0 Å². The first-order chi connectivity index (χ1) is 21.3. The Hall–Kier alpha value is -2.90. The van der Waals surface area contributed by atoms with Gasteiger partial charge in [0.25, 0.3) is 5.91 Å². The summed E-state index contributed by atoms with van der Waals surface area (Å²) >= 11 is 2.36. The minimum absolute atomic E-state index is 0.0186. The monoisotopic (exact) mass is 750 g/mol. The molecule has 11 heteroatoms. The van der Waals surface area contributed by atoms with Crippen molar-refractivity contribution in [1.82, 2.24) is 4.90 Å². The molecule has 2 aromatic carbocycles. The van der Waals surface area contributed by atoms with E-state index in [-0.39, 0.29) is 28.9 Å². The van der Waals surface area contributed by atoms with Gasteiger partial charge in [-0.15, -0.1) is 0 Å². The Bertz CT molecular complexity index is 1430. The van der Waals surface area contributed by atoms with E-state index in [2.05, 4.69) is 63.0 Å². The highest BCUT2D eigenvalue weighted by Crippen LogP contribution is 2.46. The van der Waals surface area contributed by atoms with Crippen molar-refractivity contribution in [2.75, 3.05) is 29.7 Å². The van der Waals surface area contributed by atoms with Crippen LogP contribution in [-0.4, -0.2) is 62.2 Å². The van der Waals surface area contributed by atoms with Crippen LogP contribution in [0.15, 0.2) is 55.3 Å². The van der Waals surface area contributed by atoms with Gasteiger partial charge in [0.2, 0.25) is 0 Å². The zero-order valence-corrected chi connectivity index (χ0v) is 30.2. The standard InChI is InChI=1S/C34H44FIN2O6Si/c1-8-17-43-33(40)38-27-21-30(42-18-11-9-10-16-36)29(41-5)20-26(27)31(39)37-22-24(23-12-14-25(35)15-13-23)19-28(37)32(38)44-45(6,7)34(2,3)4/h8,12-15,20-22,28,32H,1,9-11,16-19H2,2-7H3/t28-,32-/m0/s1. The normalized spacial score (nSPS) is 18.1. The summed E-state index contributed by atoms with van der Waals surface area (Å²) in [5.74, 6) is 0.150. The Kier molecular flexibility index (Phi) is 11.4. The molecule has 2 aliphatic heterocycles. The van der Waals surface area contributed by atoms with Crippen LogP contribution < -0.4 is 14.4 Å². The maximum absolute atomic E-state index is 14.4. The van der Waals surface area contributed by atoms with Crippen molar-refractivity contribution in [3.8, 4) is 11.5 Å². The molecule has 2 aromatic rings. The van der Waals surface area contributed by atoms with Gasteiger partial charge in [-0.2, -0.15) is 0 Å². The van der Waals surface area contributed by atoms with E-state index in [1.54, 1.807) is 35.4 Å². The van der Waals surface area contributed by atoms with Gasteiger partial charge >= 0.3 is 6.09 Å². The van der Waals surface area contributed by atoms with Crippen LogP contribution in [0.1, 0.15) is 62.4 Å². The number of carbonyl (C=O) groups excluding carboxylic acids is 2. The van der Waals surface area contributed by atoms with Crippen LogP contribution >= 0.6 is 22.6 Å². The second-order valence-electron chi connectivity index (χ2n) is 12.8. The Morgan fingerprint density at radius 1 is 1.13 bits per heavy atom. The van der Waals surface area contributed by atoms with Gasteiger partial charge in [0, 0.05) is 12.3 Å². The maximum atomic E-state index is 14.4. The van der Waals surface area contributed by atoms with E-state index in [1.165, 1.54) is 30.2 Å². The van der Waals surface area contributed by atoms with E-state index in [0.29, 0.717) is 30.2 Å². The highest BCUT2D eigenvalue weighted by Gasteiger charge is 2.51. The van der Waals surface area contributed by atoms with E-state index >= 15 is 0 Å². The van der Waals surface area contributed by atoms with E-state index in [4.69, 9.17) is 18.6 Å². The van der Waals surface area contributed by atoms with Gasteiger partial charge in [-0.05, 0) is 77.6 Å². The zero-order valence-electron chi connectivity index (χ0n) is 27.0. The molecule has 0 saturated carbocycles. The predicted molar refractivity (Wildman–Crippen MR) is 186 cm³/mol. The number of halogens is 2. The fourth-order valence-corrected chi connectivity index (χ4v) is 6.91. The number of hydrogen-bond donors (Lipinski definition) is 0. The number of anilines is 1. The molecular formula is C34H44FIN2O6Si. The van der Waals surface area contributed by atoms with Crippen LogP contribution in [0.2, 0.25) is 18.1 Å². The zero-order chi connectivity index (χ0) is 32.9. The molecule has 0 N–H and O–H groups in total. The van der Waals surface area contributed by atoms with Crippen molar-refractivity contribution in [2.45, 2.75) is 76.9 Å². The first kappa shape index (κ1) is 35.0. The quantitative estimate of drug-likeness (QED) is 0.0712. The SMILES string of the molecule is C=CCOC(=O)N1c2cc(OCCCCCI)c(OC)cc2C(=O)N2C=C(c3ccc(F)cc3)C[C@H]2[C@@H]1O[Si](C)(C)C(C)(C)C. The lowest BCUT2D eigenvalue weighted by Gasteiger charge is -2.44. The third kappa shape index (κ3) is 7.74. The number of ether oxygens (including phenoxy) is 3. The molecule has 45 heavy (non-hydrogen) atoms. The molecule has 0 spiro atoms. The number of nitrogens with zero attached hydrogens (tertiary/aromatic N) is 2. The lowest BCUT2D eigenvalue weighted by molar-refractivity contribution is 0.0590. The molecule has 2 heterocycles. The number of carbonyl (C=O) groups is 2. The number of methoxy groups -OCH3 is 1. The number of fused-ring (bicyclic) bond motifs is 2. The topological polar surface area (TPSA) is 77.5 Å². The third-order valence-electron chi connectivity index (χ3n) is 8.66. The van der Waals surface area contributed by atoms with Crippen LogP contribution in [0.3, 0.4) is 0 Å². The highest BCUT2D eigenvalue weighted by atomic mass is 127. The van der Waals surface area contributed by atoms with Crippen molar-refractivity contribution >= 4 is 54.2 Å². The van der Waals surface area contributed by atoms with Gasteiger partial charge in [-0.25, -0.2) is 14.1 Å². The van der Waals surface area contributed by atoms with Crippen molar-refractivity contribution in [1.29, 1.82) is 0 Å². The van der Waals surface area contributed by atoms with Gasteiger partial charge in [-0.1, -0.05) is 68.1 Å². The second kappa shape index (κ2) is 14.7. The molecule has 2 atom stereocenters. The summed E-state index contributed by atoms with van der Waals surface area (Å²) in [5, 5.41) is -0.203. The summed E-state index contributed by atoms with van der Waals surface area (Å²) in [6, 6.07) is 8.91. The van der Waals surface area contributed by atoms with Crippen molar-refractivity contribution in [3.05, 3.63) is 72.2 Å². The molecule has 0 radical (unpaired) electrons. The number of unbranched alkanes of at least 4 members (excludes halogenated alkanes) is 2. The highest BCUT2D eigenvalue weighted by molar-refractivity contribution is 14.1. The maximum Gasteiger partial charge on any atom is 0.416 e. The summed E-state index contributed by atoms with van der Waals surface area (Å²) in [7, 11) is -1.02. The summed E-state index contributed by atoms with van der Waals surface area (Å²) < 4.78 is 39.4. The number of amides is 2. The van der Waals surface area contributed by atoms with Gasteiger partial charge in [-0.3, -0.25) is 4.79 Å². The molecule has 244 valence electrons. The molecule has 8 nitrogen and oxygen atoms in total. The third-order valence-corrected chi connectivity index (χ3v) is 13.9. The van der Waals surface area contributed by atoms with Gasteiger partial charge in [0.1, 0.15) is 12.4 Å². The molecule has 2 amide bonds. The van der Waals surface area contributed by atoms with Crippen molar-refractivity contribution < 1.29 is 32.6 Å². The summed E-state index contributed by atoms with van der Waals surface area (Å²) in [6.45, 7) is 14.7. The van der Waals surface area contributed by atoms with Crippen LogP contribution in [0.5, 0.6) is 11.5 Å². The largest absolute Gasteiger partial charge is 0.493 e. The molecule has 2 aliphatic rings. The predicted octanol–water partition coefficient (Wildman–Crippen LogP) is 8.56. The average molecular weight is 751 g/mol. The van der Waals surface area contributed by atoms with E-state index < -0.39 is 26.7 Å².